The van der Waals surface area contributed by atoms with E-state index < -0.39 is 0 Å². The van der Waals surface area contributed by atoms with E-state index in [1.54, 1.807) is 0 Å². The van der Waals surface area contributed by atoms with Gasteiger partial charge in [0, 0.05) is 19.5 Å². The number of benzene rings is 1. The Bertz CT molecular complexity index is 488. The van der Waals surface area contributed by atoms with Crippen molar-refractivity contribution in [1.29, 1.82) is 0 Å². The molecule has 2 N–H and O–H groups in total. The Hall–Kier alpha value is -2.24. The lowest BCUT2D eigenvalue weighted by molar-refractivity contribution is -0.116. The lowest BCUT2D eigenvalue weighted by Gasteiger charge is -2.07. The monoisotopic (exact) mass is 264 g/mol. The molecule has 19 heavy (non-hydrogen) atoms. The van der Waals surface area contributed by atoms with Gasteiger partial charge in [-0.05, 0) is 24.6 Å². The maximum atomic E-state index is 11.4. The Morgan fingerprint density at radius 3 is 2.79 bits per heavy atom. The second-order valence-electron chi connectivity index (χ2n) is 4.25. The molecule has 0 spiro atoms. The Labute approximate surface area is 111 Å². The van der Waals surface area contributed by atoms with Crippen LogP contribution >= 0.6 is 0 Å². The van der Waals surface area contributed by atoms with E-state index in [4.69, 9.17) is 9.47 Å². The Morgan fingerprint density at radius 2 is 2.00 bits per heavy atom. The number of ether oxygens (including phenoxy) is 2. The average molecular weight is 264 g/mol. The molecule has 6 heteroatoms. The van der Waals surface area contributed by atoms with Crippen LogP contribution in [0.25, 0.3) is 0 Å². The van der Waals surface area contributed by atoms with Crippen LogP contribution in [-0.2, 0) is 11.3 Å². The molecule has 0 aromatic heterocycles. The fourth-order valence-corrected chi connectivity index (χ4v) is 1.65. The molecular weight excluding hydrogens is 248 g/mol. The lowest BCUT2D eigenvalue weighted by Crippen LogP contribution is -2.36. The molecule has 0 unspecified atom stereocenters. The van der Waals surface area contributed by atoms with E-state index in [0.717, 1.165) is 11.3 Å². The second-order valence-corrected chi connectivity index (χ2v) is 4.25. The van der Waals surface area contributed by atoms with Gasteiger partial charge in [0.2, 0.25) is 6.79 Å². The van der Waals surface area contributed by atoms with Crippen molar-refractivity contribution in [1.82, 2.24) is 10.6 Å². The van der Waals surface area contributed by atoms with Gasteiger partial charge in [0.05, 0.1) is 0 Å². The predicted octanol–water partition coefficient (Wildman–Crippen LogP) is 1.19. The van der Waals surface area contributed by atoms with Crippen molar-refractivity contribution in [3.63, 3.8) is 0 Å². The van der Waals surface area contributed by atoms with Gasteiger partial charge in [-0.15, -0.1) is 0 Å². The van der Waals surface area contributed by atoms with Crippen molar-refractivity contribution in [2.75, 3.05) is 13.3 Å². The topological polar surface area (TPSA) is 76.7 Å². The van der Waals surface area contributed by atoms with E-state index in [1.165, 1.54) is 6.92 Å². The van der Waals surface area contributed by atoms with Crippen LogP contribution in [0.15, 0.2) is 18.2 Å². The van der Waals surface area contributed by atoms with Crippen LogP contribution in [0.5, 0.6) is 11.5 Å². The Morgan fingerprint density at radius 1 is 1.21 bits per heavy atom. The summed E-state index contributed by atoms with van der Waals surface area (Å²) in [6.07, 6.45) is 0.345. The van der Waals surface area contributed by atoms with E-state index in [0.29, 0.717) is 25.3 Å². The molecule has 102 valence electrons. The summed E-state index contributed by atoms with van der Waals surface area (Å²) in [6, 6.07) is 5.22. The number of hydrogen-bond donors (Lipinski definition) is 2. The minimum Gasteiger partial charge on any atom is -0.454 e. The third-order valence-corrected chi connectivity index (χ3v) is 2.65. The van der Waals surface area contributed by atoms with Gasteiger partial charge in [0.1, 0.15) is 5.78 Å². The third-order valence-electron chi connectivity index (χ3n) is 2.65. The van der Waals surface area contributed by atoms with E-state index in [9.17, 15) is 9.59 Å². The van der Waals surface area contributed by atoms with Gasteiger partial charge in [0.15, 0.2) is 11.5 Å². The number of nitrogens with one attached hydrogen (secondary N) is 2. The van der Waals surface area contributed by atoms with Crippen LogP contribution in [0, 0.1) is 0 Å². The van der Waals surface area contributed by atoms with E-state index in [2.05, 4.69) is 10.6 Å². The zero-order valence-corrected chi connectivity index (χ0v) is 10.7. The summed E-state index contributed by atoms with van der Waals surface area (Å²) in [5.41, 5.74) is 0.922. The molecule has 2 rings (SSSR count). The average Bonchev–Trinajstić information content (AvgIpc) is 2.83. The normalized spacial score (nSPS) is 12.1. The number of fused-ring (bicyclic) bond motifs is 1. The van der Waals surface area contributed by atoms with Crippen molar-refractivity contribution in [3.8, 4) is 11.5 Å². The van der Waals surface area contributed by atoms with Crippen molar-refractivity contribution < 1.29 is 19.1 Å². The molecular formula is C13H16N2O4. The van der Waals surface area contributed by atoms with Crippen LogP contribution in [-0.4, -0.2) is 25.2 Å². The summed E-state index contributed by atoms with van der Waals surface area (Å²) in [6.45, 7) is 2.47. The van der Waals surface area contributed by atoms with Crippen molar-refractivity contribution in [3.05, 3.63) is 23.8 Å². The van der Waals surface area contributed by atoms with Crippen molar-refractivity contribution in [2.45, 2.75) is 19.9 Å². The molecule has 0 bridgehead atoms. The first-order chi connectivity index (χ1) is 9.15. The fraction of sp³-hybridized carbons (Fsp3) is 0.385. The van der Waals surface area contributed by atoms with Crippen LogP contribution in [0.4, 0.5) is 4.79 Å². The van der Waals surface area contributed by atoms with Gasteiger partial charge in [-0.1, -0.05) is 6.07 Å². The molecule has 0 atom stereocenters. The first-order valence-corrected chi connectivity index (χ1v) is 6.05. The number of hydrogen-bond acceptors (Lipinski definition) is 4. The summed E-state index contributed by atoms with van der Waals surface area (Å²) < 4.78 is 10.4. The minimum atomic E-state index is -0.293. The molecule has 1 aliphatic heterocycles. The van der Waals surface area contributed by atoms with Gasteiger partial charge >= 0.3 is 6.03 Å². The number of rotatable bonds is 5. The second kappa shape index (κ2) is 6.08. The Balaban J connectivity index is 1.76. The highest BCUT2D eigenvalue weighted by atomic mass is 16.7. The number of urea groups is 1. The highest BCUT2D eigenvalue weighted by Crippen LogP contribution is 2.32. The van der Waals surface area contributed by atoms with Crippen molar-refractivity contribution >= 4 is 11.8 Å². The number of Topliss-reactive ketones (excluding diaryl/α,β-unsaturated/α-hetero) is 1. The molecule has 1 aromatic rings. The molecule has 2 amide bonds. The standard InChI is InChI=1S/C13H16N2O4/c1-9(16)4-5-14-13(17)15-7-10-2-3-11-12(6-10)19-8-18-11/h2-3,6H,4-5,7-8H2,1H3,(H2,14,15,17). The highest BCUT2D eigenvalue weighted by Gasteiger charge is 2.13. The van der Waals surface area contributed by atoms with Crippen LogP contribution < -0.4 is 20.1 Å². The maximum Gasteiger partial charge on any atom is 0.315 e. The summed E-state index contributed by atoms with van der Waals surface area (Å²) in [5.74, 6) is 1.46. The molecule has 0 fully saturated rings. The van der Waals surface area contributed by atoms with Gasteiger partial charge in [-0.2, -0.15) is 0 Å². The summed E-state index contributed by atoms with van der Waals surface area (Å²) in [5, 5.41) is 5.32. The number of amides is 2. The van der Waals surface area contributed by atoms with Gasteiger partial charge in [-0.25, -0.2) is 4.79 Å². The molecule has 0 saturated carbocycles. The lowest BCUT2D eigenvalue weighted by atomic mass is 10.2. The van der Waals surface area contributed by atoms with Crippen molar-refractivity contribution in [2.24, 2.45) is 0 Å². The van der Waals surface area contributed by atoms with Gasteiger partial charge < -0.3 is 20.1 Å². The van der Waals surface area contributed by atoms with E-state index >= 15 is 0 Å². The van der Waals surface area contributed by atoms with E-state index in [1.807, 2.05) is 18.2 Å². The largest absolute Gasteiger partial charge is 0.454 e. The zero-order chi connectivity index (χ0) is 13.7. The molecule has 0 aliphatic carbocycles. The number of carbonyl (C=O) groups is 2. The molecule has 0 radical (unpaired) electrons. The van der Waals surface area contributed by atoms with Gasteiger partial charge in [0.25, 0.3) is 0 Å². The first-order valence-electron chi connectivity index (χ1n) is 6.05. The van der Waals surface area contributed by atoms with Crippen LogP contribution in [0.2, 0.25) is 0 Å². The molecule has 1 aliphatic rings. The molecule has 1 aromatic carbocycles. The highest BCUT2D eigenvalue weighted by molar-refractivity contribution is 5.77. The smallest absolute Gasteiger partial charge is 0.315 e. The first kappa shape index (κ1) is 13.2. The zero-order valence-electron chi connectivity index (χ0n) is 10.7. The predicted molar refractivity (Wildman–Crippen MR) is 68.1 cm³/mol. The third kappa shape index (κ3) is 3.87. The molecule has 6 nitrogen and oxygen atoms in total. The fourth-order valence-electron chi connectivity index (χ4n) is 1.65. The maximum absolute atomic E-state index is 11.4. The van der Waals surface area contributed by atoms with Crippen LogP contribution in [0.1, 0.15) is 18.9 Å². The number of ketones is 1. The summed E-state index contributed by atoms with van der Waals surface area (Å²) >= 11 is 0. The van der Waals surface area contributed by atoms with E-state index in [-0.39, 0.29) is 18.6 Å². The molecule has 0 saturated heterocycles. The quantitative estimate of drug-likeness (QED) is 0.837. The van der Waals surface area contributed by atoms with Crippen LogP contribution in [0.3, 0.4) is 0 Å². The summed E-state index contributed by atoms with van der Waals surface area (Å²) in [7, 11) is 0. The number of carbonyl (C=O) groups excluding carboxylic acids is 2. The minimum absolute atomic E-state index is 0.0519. The Kier molecular flexibility index (Phi) is 4.22. The van der Waals surface area contributed by atoms with Gasteiger partial charge in [-0.3, -0.25) is 4.79 Å². The summed E-state index contributed by atoms with van der Waals surface area (Å²) in [4.78, 5) is 22.2. The SMILES string of the molecule is CC(=O)CCNC(=O)NCc1ccc2c(c1)OCO2. The molecule has 1 heterocycles.